The summed E-state index contributed by atoms with van der Waals surface area (Å²) in [6.07, 6.45) is 0.582. The molecular weight excluding hydrogens is 283 g/mol. The molecule has 0 radical (unpaired) electrons. The zero-order chi connectivity index (χ0) is 15.1. The molecule has 1 aromatic rings. The molecule has 6 heteroatoms. The molecule has 0 saturated heterocycles. The lowest BCUT2D eigenvalue weighted by Gasteiger charge is -2.12. The Balaban J connectivity index is 1.62. The number of alkyl halides is 3. The zero-order valence-corrected chi connectivity index (χ0v) is 11.8. The minimum atomic E-state index is -4.64. The summed E-state index contributed by atoms with van der Waals surface area (Å²) < 4.78 is 45.6. The summed E-state index contributed by atoms with van der Waals surface area (Å²) in [6, 6.07) is 5.87. The normalized spacial score (nSPS) is 16.3. The lowest BCUT2D eigenvalue weighted by Crippen LogP contribution is -2.22. The van der Waals surface area contributed by atoms with E-state index in [2.05, 4.69) is 10.1 Å². The maximum atomic E-state index is 12.0. The van der Waals surface area contributed by atoms with Gasteiger partial charge in [-0.25, -0.2) is 0 Å². The molecule has 0 atom stereocenters. The maximum absolute atomic E-state index is 12.0. The second-order valence-corrected chi connectivity index (χ2v) is 5.15. The standard InChI is InChI=1S/C15H20F3NO2/c16-15(17,18)21-14-7-5-12(6-8-14)11-19-9-10-20-13-3-1-2-4-13/h5-8,13,19H,1-4,9-11H2. The summed E-state index contributed by atoms with van der Waals surface area (Å²) >= 11 is 0. The molecule has 1 aliphatic carbocycles. The van der Waals surface area contributed by atoms with Crippen molar-refractivity contribution in [2.24, 2.45) is 0 Å². The molecule has 1 N–H and O–H groups in total. The molecule has 1 fully saturated rings. The van der Waals surface area contributed by atoms with Crippen molar-refractivity contribution in [2.75, 3.05) is 13.2 Å². The quantitative estimate of drug-likeness (QED) is 0.780. The van der Waals surface area contributed by atoms with Crippen molar-refractivity contribution in [1.29, 1.82) is 0 Å². The average molecular weight is 303 g/mol. The molecule has 3 nitrogen and oxygen atoms in total. The highest BCUT2D eigenvalue weighted by Crippen LogP contribution is 2.22. The molecular formula is C15H20F3NO2. The Bertz CT molecular complexity index is 414. The van der Waals surface area contributed by atoms with Gasteiger partial charge >= 0.3 is 6.36 Å². The molecule has 0 aromatic heterocycles. The van der Waals surface area contributed by atoms with Crippen molar-refractivity contribution < 1.29 is 22.6 Å². The number of benzene rings is 1. The molecule has 0 aliphatic heterocycles. The van der Waals surface area contributed by atoms with E-state index in [4.69, 9.17) is 4.74 Å². The first-order valence-electron chi connectivity index (χ1n) is 7.20. The van der Waals surface area contributed by atoms with Gasteiger partial charge in [-0.05, 0) is 30.5 Å². The van der Waals surface area contributed by atoms with Crippen LogP contribution in [0, 0.1) is 0 Å². The molecule has 0 amide bonds. The fraction of sp³-hybridized carbons (Fsp3) is 0.600. The lowest BCUT2D eigenvalue weighted by atomic mass is 10.2. The van der Waals surface area contributed by atoms with Crippen LogP contribution >= 0.6 is 0 Å². The van der Waals surface area contributed by atoms with E-state index in [0.717, 1.165) is 24.9 Å². The van der Waals surface area contributed by atoms with E-state index in [0.29, 0.717) is 19.3 Å². The second kappa shape index (κ2) is 7.66. The van der Waals surface area contributed by atoms with E-state index >= 15 is 0 Å². The third-order valence-electron chi connectivity index (χ3n) is 3.42. The van der Waals surface area contributed by atoms with Crippen LogP contribution in [0.3, 0.4) is 0 Å². The van der Waals surface area contributed by atoms with Gasteiger partial charge in [-0.1, -0.05) is 25.0 Å². The van der Waals surface area contributed by atoms with Crippen molar-refractivity contribution >= 4 is 0 Å². The van der Waals surface area contributed by atoms with Crippen LogP contribution in [0.25, 0.3) is 0 Å². The highest BCUT2D eigenvalue weighted by atomic mass is 19.4. The van der Waals surface area contributed by atoms with Gasteiger partial charge in [0.15, 0.2) is 0 Å². The Morgan fingerprint density at radius 3 is 2.38 bits per heavy atom. The van der Waals surface area contributed by atoms with E-state index in [1.165, 1.54) is 25.0 Å². The Hall–Kier alpha value is -1.27. The average Bonchev–Trinajstić information content (AvgIpc) is 2.92. The molecule has 1 aromatic carbocycles. The fourth-order valence-corrected chi connectivity index (χ4v) is 2.39. The maximum Gasteiger partial charge on any atom is 0.573 e. The third kappa shape index (κ3) is 6.35. The molecule has 1 saturated carbocycles. The van der Waals surface area contributed by atoms with Gasteiger partial charge in [0.2, 0.25) is 0 Å². The molecule has 21 heavy (non-hydrogen) atoms. The Kier molecular flexibility index (Phi) is 5.87. The zero-order valence-electron chi connectivity index (χ0n) is 11.8. The minimum Gasteiger partial charge on any atom is -0.406 e. The smallest absolute Gasteiger partial charge is 0.406 e. The molecule has 1 aliphatic rings. The second-order valence-electron chi connectivity index (χ2n) is 5.15. The molecule has 0 unspecified atom stereocenters. The predicted molar refractivity (Wildman–Crippen MR) is 73.0 cm³/mol. The van der Waals surface area contributed by atoms with E-state index < -0.39 is 6.36 Å². The van der Waals surface area contributed by atoms with Crippen molar-refractivity contribution in [1.82, 2.24) is 5.32 Å². The van der Waals surface area contributed by atoms with E-state index in [9.17, 15) is 13.2 Å². The monoisotopic (exact) mass is 303 g/mol. The van der Waals surface area contributed by atoms with Crippen molar-refractivity contribution in [3.05, 3.63) is 29.8 Å². The summed E-state index contributed by atoms with van der Waals surface area (Å²) in [5.41, 5.74) is 0.908. The van der Waals surface area contributed by atoms with Gasteiger partial charge in [0.1, 0.15) is 5.75 Å². The number of halogens is 3. The van der Waals surface area contributed by atoms with Crippen LogP contribution in [-0.4, -0.2) is 25.6 Å². The predicted octanol–water partition coefficient (Wildman–Crippen LogP) is 3.63. The number of hydrogen-bond acceptors (Lipinski definition) is 3. The van der Waals surface area contributed by atoms with Crippen molar-refractivity contribution in [2.45, 2.75) is 44.7 Å². The topological polar surface area (TPSA) is 30.5 Å². The van der Waals surface area contributed by atoms with Crippen LogP contribution in [0.5, 0.6) is 5.75 Å². The highest BCUT2D eigenvalue weighted by molar-refractivity contribution is 5.27. The van der Waals surface area contributed by atoms with Gasteiger partial charge in [0.05, 0.1) is 12.7 Å². The molecule has 2 rings (SSSR count). The van der Waals surface area contributed by atoms with E-state index in [1.807, 2.05) is 0 Å². The van der Waals surface area contributed by atoms with Crippen molar-refractivity contribution in [3.8, 4) is 5.75 Å². The van der Waals surface area contributed by atoms with Gasteiger partial charge in [-0.3, -0.25) is 0 Å². The molecule has 0 bridgehead atoms. The molecule has 118 valence electrons. The molecule has 0 heterocycles. The summed E-state index contributed by atoms with van der Waals surface area (Å²) in [4.78, 5) is 0. The lowest BCUT2D eigenvalue weighted by molar-refractivity contribution is -0.274. The fourth-order valence-electron chi connectivity index (χ4n) is 2.39. The van der Waals surface area contributed by atoms with Crippen LogP contribution in [0.4, 0.5) is 13.2 Å². The van der Waals surface area contributed by atoms with Crippen LogP contribution < -0.4 is 10.1 Å². The number of ether oxygens (including phenoxy) is 2. The van der Waals surface area contributed by atoms with Gasteiger partial charge in [-0.2, -0.15) is 0 Å². The Morgan fingerprint density at radius 2 is 1.76 bits per heavy atom. The summed E-state index contributed by atoms with van der Waals surface area (Å²) in [7, 11) is 0. The van der Waals surface area contributed by atoms with E-state index in [1.54, 1.807) is 12.1 Å². The summed E-state index contributed by atoms with van der Waals surface area (Å²) in [5.74, 6) is -0.198. The van der Waals surface area contributed by atoms with Gasteiger partial charge < -0.3 is 14.8 Å². The largest absolute Gasteiger partial charge is 0.573 e. The number of rotatable bonds is 7. The van der Waals surface area contributed by atoms with Crippen LogP contribution in [-0.2, 0) is 11.3 Å². The SMILES string of the molecule is FC(F)(F)Oc1ccc(CNCCOC2CCCC2)cc1. The number of hydrogen-bond donors (Lipinski definition) is 1. The Morgan fingerprint density at radius 1 is 1.10 bits per heavy atom. The minimum absolute atomic E-state index is 0.198. The van der Waals surface area contributed by atoms with Crippen LogP contribution in [0.15, 0.2) is 24.3 Å². The number of nitrogens with one attached hydrogen (secondary N) is 1. The van der Waals surface area contributed by atoms with Crippen LogP contribution in [0.2, 0.25) is 0 Å². The van der Waals surface area contributed by atoms with Crippen LogP contribution in [0.1, 0.15) is 31.2 Å². The van der Waals surface area contributed by atoms with Gasteiger partial charge in [-0.15, -0.1) is 13.2 Å². The highest BCUT2D eigenvalue weighted by Gasteiger charge is 2.30. The van der Waals surface area contributed by atoms with Crippen molar-refractivity contribution in [3.63, 3.8) is 0 Å². The first-order chi connectivity index (χ1) is 10.0. The summed E-state index contributed by atoms with van der Waals surface area (Å²) in [6.45, 7) is 2.00. The first kappa shape index (κ1) is 16.1. The third-order valence-corrected chi connectivity index (χ3v) is 3.42. The molecule has 0 spiro atoms. The first-order valence-corrected chi connectivity index (χ1v) is 7.20. The summed E-state index contributed by atoms with van der Waals surface area (Å²) in [5, 5.41) is 3.21. The van der Waals surface area contributed by atoms with Gasteiger partial charge in [0, 0.05) is 13.1 Å². The van der Waals surface area contributed by atoms with Gasteiger partial charge in [0.25, 0.3) is 0 Å². The Labute approximate surface area is 122 Å². The van der Waals surface area contributed by atoms with E-state index in [-0.39, 0.29) is 5.75 Å².